The minimum atomic E-state index is 0.735. The third-order valence-corrected chi connectivity index (χ3v) is 4.72. The molecule has 1 aromatic carbocycles. The lowest BCUT2D eigenvalue weighted by atomic mass is 10.1. The Morgan fingerprint density at radius 2 is 2.00 bits per heavy atom. The van der Waals surface area contributed by atoms with E-state index in [4.69, 9.17) is 4.74 Å². The van der Waals surface area contributed by atoms with Crippen molar-refractivity contribution in [1.29, 1.82) is 0 Å². The SMILES string of the molecule is CCNc1ccc(-c2ccc(OCCCN3CCC[C@H]3C)cc2)nn1. The van der Waals surface area contributed by atoms with Crippen molar-refractivity contribution in [3.63, 3.8) is 0 Å². The number of aromatic nitrogens is 2. The van der Waals surface area contributed by atoms with E-state index in [-0.39, 0.29) is 0 Å². The Balaban J connectivity index is 1.46. The van der Waals surface area contributed by atoms with Crippen LogP contribution >= 0.6 is 0 Å². The van der Waals surface area contributed by atoms with Crippen LogP contribution in [-0.4, -0.2) is 47.4 Å². The van der Waals surface area contributed by atoms with Crippen molar-refractivity contribution in [2.45, 2.75) is 39.2 Å². The van der Waals surface area contributed by atoms with Crippen molar-refractivity contribution in [3.8, 4) is 17.0 Å². The number of hydrogen-bond donors (Lipinski definition) is 1. The average Bonchev–Trinajstić information content (AvgIpc) is 3.05. The van der Waals surface area contributed by atoms with Crippen molar-refractivity contribution < 1.29 is 4.74 Å². The highest BCUT2D eigenvalue weighted by Gasteiger charge is 2.18. The fourth-order valence-corrected chi connectivity index (χ4v) is 3.27. The molecular formula is C20H28N4O. The molecule has 1 atom stereocenters. The van der Waals surface area contributed by atoms with Gasteiger partial charge in [0.1, 0.15) is 11.6 Å². The zero-order valence-electron chi connectivity index (χ0n) is 15.2. The minimum absolute atomic E-state index is 0.735. The first-order valence-corrected chi connectivity index (χ1v) is 9.31. The van der Waals surface area contributed by atoms with Gasteiger partial charge in [-0.25, -0.2) is 0 Å². The molecule has 1 saturated heterocycles. The molecule has 0 amide bonds. The second-order valence-electron chi connectivity index (χ2n) is 6.59. The Hall–Kier alpha value is -2.14. The van der Waals surface area contributed by atoms with Crippen LogP contribution in [0.25, 0.3) is 11.3 Å². The highest BCUT2D eigenvalue weighted by Crippen LogP contribution is 2.21. The van der Waals surface area contributed by atoms with Gasteiger partial charge in [0.25, 0.3) is 0 Å². The number of rotatable bonds is 8. The van der Waals surface area contributed by atoms with Gasteiger partial charge in [0.2, 0.25) is 0 Å². The van der Waals surface area contributed by atoms with Crippen LogP contribution in [0.3, 0.4) is 0 Å². The van der Waals surface area contributed by atoms with Crippen LogP contribution in [0.5, 0.6) is 5.75 Å². The summed E-state index contributed by atoms with van der Waals surface area (Å²) in [5.41, 5.74) is 1.92. The van der Waals surface area contributed by atoms with Crippen molar-refractivity contribution in [2.75, 3.05) is 31.6 Å². The number of nitrogens with one attached hydrogen (secondary N) is 1. The van der Waals surface area contributed by atoms with Crippen molar-refractivity contribution >= 4 is 5.82 Å². The normalized spacial score (nSPS) is 17.6. The Kier molecular flexibility index (Phi) is 6.23. The third-order valence-electron chi connectivity index (χ3n) is 4.72. The van der Waals surface area contributed by atoms with E-state index in [0.29, 0.717) is 0 Å². The van der Waals surface area contributed by atoms with Gasteiger partial charge in [0.15, 0.2) is 0 Å². The largest absolute Gasteiger partial charge is 0.494 e. The number of nitrogens with zero attached hydrogens (tertiary/aromatic N) is 3. The van der Waals surface area contributed by atoms with Gasteiger partial charge < -0.3 is 15.0 Å². The van der Waals surface area contributed by atoms with E-state index in [9.17, 15) is 0 Å². The van der Waals surface area contributed by atoms with Crippen molar-refractivity contribution in [1.82, 2.24) is 15.1 Å². The Labute approximate surface area is 150 Å². The molecule has 2 heterocycles. The standard InChI is InChI=1S/C20H28N4O/c1-3-21-20-12-11-19(22-23-20)17-7-9-18(10-8-17)25-15-5-14-24-13-4-6-16(24)2/h7-12,16H,3-6,13-15H2,1-2H3,(H,21,23)/t16-/m1/s1. The predicted molar refractivity (Wildman–Crippen MR) is 102 cm³/mol. The highest BCUT2D eigenvalue weighted by atomic mass is 16.5. The summed E-state index contributed by atoms with van der Waals surface area (Å²) in [6, 6.07) is 12.8. The van der Waals surface area contributed by atoms with Gasteiger partial charge in [0.05, 0.1) is 12.3 Å². The Morgan fingerprint density at radius 3 is 2.64 bits per heavy atom. The van der Waals surface area contributed by atoms with Crippen molar-refractivity contribution in [2.24, 2.45) is 0 Å². The first-order valence-electron chi connectivity index (χ1n) is 9.31. The summed E-state index contributed by atoms with van der Waals surface area (Å²) in [6.45, 7) is 8.34. The van der Waals surface area contributed by atoms with Crippen LogP contribution in [0.2, 0.25) is 0 Å². The summed E-state index contributed by atoms with van der Waals surface area (Å²) in [4.78, 5) is 2.56. The molecule has 0 spiro atoms. The zero-order chi connectivity index (χ0) is 17.5. The maximum Gasteiger partial charge on any atom is 0.148 e. The lowest BCUT2D eigenvalue weighted by molar-refractivity contribution is 0.230. The first-order chi connectivity index (χ1) is 12.3. The predicted octanol–water partition coefficient (Wildman–Crippen LogP) is 3.83. The topological polar surface area (TPSA) is 50.3 Å². The van der Waals surface area contributed by atoms with Crippen LogP contribution in [0.4, 0.5) is 5.82 Å². The number of likely N-dealkylation sites (tertiary alicyclic amines) is 1. The number of ether oxygens (including phenoxy) is 1. The molecule has 3 rings (SSSR count). The third kappa shape index (κ3) is 4.92. The van der Waals surface area contributed by atoms with Gasteiger partial charge in [-0.15, -0.1) is 10.2 Å². The van der Waals surface area contributed by atoms with Gasteiger partial charge >= 0.3 is 0 Å². The molecule has 1 aliphatic rings. The van der Waals surface area contributed by atoms with Crippen molar-refractivity contribution in [3.05, 3.63) is 36.4 Å². The molecule has 5 nitrogen and oxygen atoms in total. The molecule has 2 aromatic rings. The molecule has 1 N–H and O–H groups in total. The van der Waals surface area contributed by atoms with E-state index in [0.717, 1.165) is 55.0 Å². The van der Waals surface area contributed by atoms with E-state index in [1.165, 1.54) is 19.4 Å². The fourth-order valence-electron chi connectivity index (χ4n) is 3.27. The first kappa shape index (κ1) is 17.7. The van der Waals surface area contributed by atoms with Gasteiger partial charge in [-0.3, -0.25) is 0 Å². The highest BCUT2D eigenvalue weighted by molar-refractivity contribution is 5.60. The van der Waals surface area contributed by atoms with Crippen LogP contribution < -0.4 is 10.1 Å². The van der Waals surface area contributed by atoms with E-state index >= 15 is 0 Å². The summed E-state index contributed by atoms with van der Waals surface area (Å²) < 4.78 is 5.87. The second-order valence-corrected chi connectivity index (χ2v) is 6.59. The van der Waals surface area contributed by atoms with Crippen LogP contribution in [0.1, 0.15) is 33.1 Å². The number of hydrogen-bond acceptors (Lipinski definition) is 5. The molecule has 0 bridgehead atoms. The summed E-state index contributed by atoms with van der Waals surface area (Å²) >= 11 is 0. The summed E-state index contributed by atoms with van der Waals surface area (Å²) in [5.74, 6) is 1.72. The van der Waals surface area contributed by atoms with Crippen LogP contribution in [-0.2, 0) is 0 Å². The van der Waals surface area contributed by atoms with Crippen LogP contribution in [0, 0.1) is 0 Å². The monoisotopic (exact) mass is 340 g/mol. The summed E-state index contributed by atoms with van der Waals surface area (Å²) in [5, 5.41) is 11.6. The lowest BCUT2D eigenvalue weighted by Gasteiger charge is -2.20. The molecular weight excluding hydrogens is 312 g/mol. The molecule has 0 saturated carbocycles. The molecule has 0 radical (unpaired) electrons. The van der Waals surface area contributed by atoms with E-state index in [1.807, 2.05) is 43.3 Å². The van der Waals surface area contributed by atoms with Gasteiger partial charge in [-0.2, -0.15) is 0 Å². The smallest absolute Gasteiger partial charge is 0.148 e. The fraction of sp³-hybridized carbons (Fsp3) is 0.500. The number of benzene rings is 1. The van der Waals surface area contributed by atoms with E-state index in [1.54, 1.807) is 0 Å². The minimum Gasteiger partial charge on any atom is -0.494 e. The summed E-state index contributed by atoms with van der Waals surface area (Å²) in [7, 11) is 0. The quantitative estimate of drug-likeness (QED) is 0.740. The maximum absolute atomic E-state index is 5.87. The molecule has 1 aromatic heterocycles. The second kappa shape index (κ2) is 8.81. The Bertz CT molecular complexity index is 642. The lowest BCUT2D eigenvalue weighted by Crippen LogP contribution is -2.28. The molecule has 134 valence electrons. The van der Waals surface area contributed by atoms with Gasteiger partial charge in [-0.1, -0.05) is 0 Å². The van der Waals surface area contributed by atoms with E-state index < -0.39 is 0 Å². The molecule has 25 heavy (non-hydrogen) atoms. The summed E-state index contributed by atoms with van der Waals surface area (Å²) in [6.07, 6.45) is 3.74. The molecule has 5 heteroatoms. The molecule has 1 fully saturated rings. The van der Waals surface area contributed by atoms with E-state index in [2.05, 4.69) is 27.3 Å². The maximum atomic E-state index is 5.87. The van der Waals surface area contributed by atoms with Crippen LogP contribution in [0.15, 0.2) is 36.4 Å². The van der Waals surface area contributed by atoms with Gasteiger partial charge in [-0.05, 0) is 76.1 Å². The number of anilines is 1. The zero-order valence-corrected chi connectivity index (χ0v) is 15.2. The molecule has 0 unspecified atom stereocenters. The van der Waals surface area contributed by atoms with Gasteiger partial charge in [0, 0.05) is 24.7 Å². The molecule has 1 aliphatic heterocycles. The Morgan fingerprint density at radius 1 is 1.16 bits per heavy atom. The molecule has 0 aliphatic carbocycles. The average molecular weight is 340 g/mol.